The standard InChI is InChI=1S/C11H20N4O2S/c1-7(2)6-9-13-11(18-15-9)14-10(17)12-8(3)4-5-16/h7-8,16H,4-6H2,1-3H3,(H2,12,13,14,15,17). The zero-order valence-corrected chi connectivity index (χ0v) is 11.8. The summed E-state index contributed by atoms with van der Waals surface area (Å²) >= 11 is 1.18. The van der Waals surface area contributed by atoms with E-state index < -0.39 is 0 Å². The number of nitrogens with zero attached hydrogens (tertiary/aromatic N) is 2. The Labute approximate surface area is 111 Å². The molecule has 1 aromatic heterocycles. The molecule has 3 N–H and O–H groups in total. The molecule has 18 heavy (non-hydrogen) atoms. The van der Waals surface area contributed by atoms with E-state index in [-0.39, 0.29) is 18.7 Å². The van der Waals surface area contributed by atoms with E-state index in [0.717, 1.165) is 12.2 Å². The Balaban J connectivity index is 2.42. The number of nitrogens with one attached hydrogen (secondary N) is 2. The Morgan fingerprint density at radius 3 is 2.78 bits per heavy atom. The fraction of sp³-hybridized carbons (Fsp3) is 0.727. The highest BCUT2D eigenvalue weighted by atomic mass is 32.1. The van der Waals surface area contributed by atoms with Crippen molar-refractivity contribution >= 4 is 22.7 Å². The van der Waals surface area contributed by atoms with Crippen molar-refractivity contribution in [1.82, 2.24) is 14.7 Å². The van der Waals surface area contributed by atoms with Crippen molar-refractivity contribution in [2.75, 3.05) is 11.9 Å². The molecule has 0 fully saturated rings. The lowest BCUT2D eigenvalue weighted by atomic mass is 10.1. The Hall–Kier alpha value is -1.21. The van der Waals surface area contributed by atoms with Gasteiger partial charge in [0.25, 0.3) is 0 Å². The van der Waals surface area contributed by atoms with E-state index in [0.29, 0.717) is 17.5 Å². The smallest absolute Gasteiger partial charge is 0.321 e. The maximum Gasteiger partial charge on any atom is 0.321 e. The van der Waals surface area contributed by atoms with Crippen molar-refractivity contribution in [3.05, 3.63) is 5.82 Å². The minimum absolute atomic E-state index is 0.0544. The average Bonchev–Trinajstić information content (AvgIpc) is 2.64. The van der Waals surface area contributed by atoms with Crippen LogP contribution in [0.5, 0.6) is 0 Å². The van der Waals surface area contributed by atoms with Gasteiger partial charge in [-0.2, -0.15) is 4.37 Å². The van der Waals surface area contributed by atoms with Gasteiger partial charge in [-0.25, -0.2) is 9.78 Å². The van der Waals surface area contributed by atoms with E-state index in [1.165, 1.54) is 11.5 Å². The second kappa shape index (κ2) is 7.27. The monoisotopic (exact) mass is 272 g/mol. The number of carbonyl (C=O) groups excluding carboxylic acids is 1. The fourth-order valence-corrected chi connectivity index (χ4v) is 1.97. The third kappa shape index (κ3) is 5.42. The first-order chi connectivity index (χ1) is 8.51. The van der Waals surface area contributed by atoms with Crippen molar-refractivity contribution in [1.29, 1.82) is 0 Å². The molecule has 6 nitrogen and oxygen atoms in total. The second-order valence-electron chi connectivity index (χ2n) is 4.63. The Morgan fingerprint density at radius 2 is 2.17 bits per heavy atom. The van der Waals surface area contributed by atoms with Gasteiger partial charge in [-0.15, -0.1) is 0 Å². The number of hydrogen-bond donors (Lipinski definition) is 3. The first kappa shape index (κ1) is 14.8. The highest BCUT2D eigenvalue weighted by molar-refractivity contribution is 7.09. The van der Waals surface area contributed by atoms with Crippen LogP contribution in [0.15, 0.2) is 0 Å². The summed E-state index contributed by atoms with van der Waals surface area (Å²) in [5, 5.41) is 14.6. The Bertz CT molecular complexity index is 381. The third-order valence-electron chi connectivity index (χ3n) is 2.22. The molecule has 2 amide bonds. The number of carbonyl (C=O) groups is 1. The summed E-state index contributed by atoms with van der Waals surface area (Å²) < 4.78 is 4.17. The van der Waals surface area contributed by atoms with E-state index in [4.69, 9.17) is 5.11 Å². The van der Waals surface area contributed by atoms with Crippen molar-refractivity contribution in [3.63, 3.8) is 0 Å². The SMILES string of the molecule is CC(C)Cc1nsc(NC(=O)NC(C)CCO)n1. The van der Waals surface area contributed by atoms with Crippen LogP contribution in [0.25, 0.3) is 0 Å². The lowest BCUT2D eigenvalue weighted by Gasteiger charge is -2.11. The number of rotatable bonds is 6. The van der Waals surface area contributed by atoms with Crippen LogP contribution >= 0.6 is 11.5 Å². The lowest BCUT2D eigenvalue weighted by molar-refractivity contribution is 0.241. The van der Waals surface area contributed by atoms with E-state index in [1.807, 2.05) is 6.92 Å². The molecule has 0 spiro atoms. The number of aromatic nitrogens is 2. The molecule has 0 saturated heterocycles. The quantitative estimate of drug-likeness (QED) is 0.734. The zero-order valence-electron chi connectivity index (χ0n) is 10.9. The van der Waals surface area contributed by atoms with Crippen molar-refractivity contribution in [2.24, 2.45) is 5.92 Å². The first-order valence-corrected chi connectivity index (χ1v) is 6.79. The predicted octanol–water partition coefficient (Wildman–Crippen LogP) is 1.63. The molecule has 0 saturated carbocycles. The van der Waals surface area contributed by atoms with Crippen LogP contribution in [0.1, 0.15) is 33.0 Å². The minimum atomic E-state index is -0.316. The minimum Gasteiger partial charge on any atom is -0.396 e. The third-order valence-corrected chi connectivity index (χ3v) is 2.89. The fourth-order valence-electron chi connectivity index (χ4n) is 1.38. The number of aliphatic hydroxyl groups is 1. The molecular formula is C11H20N4O2S. The number of amides is 2. The Morgan fingerprint density at radius 1 is 1.44 bits per heavy atom. The summed E-state index contributed by atoms with van der Waals surface area (Å²) in [4.78, 5) is 15.8. The van der Waals surface area contributed by atoms with Gasteiger partial charge in [-0.3, -0.25) is 5.32 Å². The Kier molecular flexibility index (Phi) is 6.00. The van der Waals surface area contributed by atoms with Gasteiger partial charge in [0, 0.05) is 30.6 Å². The first-order valence-electron chi connectivity index (χ1n) is 6.02. The van der Waals surface area contributed by atoms with Gasteiger partial charge in [0.2, 0.25) is 5.13 Å². The molecule has 0 bridgehead atoms. The summed E-state index contributed by atoms with van der Waals surface area (Å²) in [5.74, 6) is 1.25. The molecule has 1 heterocycles. The second-order valence-corrected chi connectivity index (χ2v) is 5.38. The molecule has 0 aliphatic heterocycles. The van der Waals surface area contributed by atoms with Crippen LogP contribution in [0, 0.1) is 5.92 Å². The van der Waals surface area contributed by atoms with Crippen LogP contribution < -0.4 is 10.6 Å². The van der Waals surface area contributed by atoms with Gasteiger partial charge in [0.1, 0.15) is 5.82 Å². The number of urea groups is 1. The van der Waals surface area contributed by atoms with Crippen LogP contribution in [0.2, 0.25) is 0 Å². The molecular weight excluding hydrogens is 252 g/mol. The van der Waals surface area contributed by atoms with Gasteiger partial charge < -0.3 is 10.4 Å². The molecule has 0 radical (unpaired) electrons. The van der Waals surface area contributed by atoms with E-state index in [1.54, 1.807) is 0 Å². The van der Waals surface area contributed by atoms with Gasteiger partial charge in [-0.05, 0) is 19.3 Å². The maximum atomic E-state index is 11.6. The number of anilines is 1. The normalized spacial score (nSPS) is 12.5. The summed E-state index contributed by atoms with van der Waals surface area (Å²) in [5.41, 5.74) is 0. The highest BCUT2D eigenvalue weighted by Crippen LogP contribution is 2.13. The largest absolute Gasteiger partial charge is 0.396 e. The van der Waals surface area contributed by atoms with Gasteiger partial charge in [0.15, 0.2) is 0 Å². The van der Waals surface area contributed by atoms with Crippen LogP contribution in [0.4, 0.5) is 9.93 Å². The molecule has 1 unspecified atom stereocenters. The molecule has 0 aliphatic carbocycles. The summed E-state index contributed by atoms with van der Waals surface area (Å²) in [6.45, 7) is 6.08. The molecule has 0 aromatic carbocycles. The number of hydrogen-bond acceptors (Lipinski definition) is 5. The number of aliphatic hydroxyl groups excluding tert-OH is 1. The maximum absolute atomic E-state index is 11.6. The highest BCUT2D eigenvalue weighted by Gasteiger charge is 2.10. The lowest BCUT2D eigenvalue weighted by Crippen LogP contribution is -2.36. The molecule has 1 aromatic rings. The molecule has 1 atom stereocenters. The van der Waals surface area contributed by atoms with Crippen LogP contribution in [0.3, 0.4) is 0 Å². The summed E-state index contributed by atoms with van der Waals surface area (Å²) in [6, 6.07) is -0.388. The molecule has 102 valence electrons. The van der Waals surface area contributed by atoms with Crippen molar-refractivity contribution in [3.8, 4) is 0 Å². The van der Waals surface area contributed by atoms with E-state index >= 15 is 0 Å². The molecule has 7 heteroatoms. The van der Waals surface area contributed by atoms with Gasteiger partial charge in [-0.1, -0.05) is 13.8 Å². The van der Waals surface area contributed by atoms with Crippen molar-refractivity contribution in [2.45, 2.75) is 39.7 Å². The van der Waals surface area contributed by atoms with E-state index in [2.05, 4.69) is 33.8 Å². The molecule has 1 rings (SSSR count). The summed E-state index contributed by atoms with van der Waals surface area (Å²) in [7, 11) is 0. The van der Waals surface area contributed by atoms with E-state index in [9.17, 15) is 4.79 Å². The van der Waals surface area contributed by atoms with Crippen molar-refractivity contribution < 1.29 is 9.90 Å². The van der Waals surface area contributed by atoms with Crippen LogP contribution in [-0.2, 0) is 6.42 Å². The van der Waals surface area contributed by atoms with Crippen LogP contribution in [-0.4, -0.2) is 33.1 Å². The summed E-state index contributed by atoms with van der Waals surface area (Å²) in [6.07, 6.45) is 1.34. The topological polar surface area (TPSA) is 87.1 Å². The zero-order chi connectivity index (χ0) is 13.5. The molecule has 0 aliphatic rings. The average molecular weight is 272 g/mol. The van der Waals surface area contributed by atoms with Gasteiger partial charge in [0.05, 0.1) is 0 Å². The predicted molar refractivity (Wildman–Crippen MR) is 71.8 cm³/mol. The van der Waals surface area contributed by atoms with Gasteiger partial charge >= 0.3 is 6.03 Å².